The van der Waals surface area contributed by atoms with Crippen LogP contribution in [0, 0.1) is 5.92 Å². The van der Waals surface area contributed by atoms with Gasteiger partial charge >= 0.3 is 6.18 Å². The quantitative estimate of drug-likeness (QED) is 0.908. The lowest BCUT2D eigenvalue weighted by Gasteiger charge is -2.32. The van der Waals surface area contributed by atoms with Crippen molar-refractivity contribution in [2.24, 2.45) is 5.92 Å². The fourth-order valence-corrected chi connectivity index (χ4v) is 2.51. The topological polar surface area (TPSA) is 41.3 Å². The van der Waals surface area contributed by atoms with E-state index >= 15 is 0 Å². The molecular formula is C14H22F3N3O. The van der Waals surface area contributed by atoms with E-state index in [4.69, 9.17) is 4.52 Å². The minimum Gasteiger partial charge on any atom is -0.360 e. The second-order valence-electron chi connectivity index (χ2n) is 5.94. The monoisotopic (exact) mass is 305 g/mol. The molecule has 2 heterocycles. The molecule has 0 amide bonds. The van der Waals surface area contributed by atoms with Crippen LogP contribution in [0.3, 0.4) is 0 Å². The molecule has 1 fully saturated rings. The summed E-state index contributed by atoms with van der Waals surface area (Å²) in [7, 11) is 0. The summed E-state index contributed by atoms with van der Waals surface area (Å²) in [5, 5.41) is 7.16. The Balaban J connectivity index is 1.86. The molecule has 1 aromatic rings. The molecule has 1 aromatic heterocycles. The fraction of sp³-hybridized carbons (Fsp3) is 0.786. The molecule has 0 aliphatic carbocycles. The SMILES string of the molecule is CC(C)NCc1cc(CN2CCCC(C(F)(F)F)C2)on1. The molecule has 1 aliphatic heterocycles. The number of aromatic nitrogens is 1. The highest BCUT2D eigenvalue weighted by molar-refractivity contribution is 5.05. The number of likely N-dealkylation sites (tertiary alicyclic amines) is 1. The van der Waals surface area contributed by atoms with Crippen LogP contribution in [0.1, 0.15) is 38.1 Å². The van der Waals surface area contributed by atoms with Crippen molar-refractivity contribution in [3.63, 3.8) is 0 Å². The molecule has 4 nitrogen and oxygen atoms in total. The Morgan fingerprint density at radius 1 is 1.48 bits per heavy atom. The first-order valence-corrected chi connectivity index (χ1v) is 7.31. The minimum absolute atomic E-state index is 0.0454. The number of alkyl halides is 3. The number of nitrogens with one attached hydrogen (secondary N) is 1. The molecule has 0 aromatic carbocycles. The summed E-state index contributed by atoms with van der Waals surface area (Å²) in [6, 6.07) is 2.16. The first-order chi connectivity index (χ1) is 9.84. The maximum atomic E-state index is 12.8. The highest BCUT2D eigenvalue weighted by atomic mass is 19.4. The molecule has 0 bridgehead atoms. The van der Waals surface area contributed by atoms with E-state index < -0.39 is 12.1 Å². The normalized spacial score (nSPS) is 21.1. The van der Waals surface area contributed by atoms with Gasteiger partial charge in [-0.15, -0.1) is 0 Å². The van der Waals surface area contributed by atoms with E-state index in [1.807, 2.05) is 19.9 Å². The van der Waals surface area contributed by atoms with Crippen LogP contribution in [0.4, 0.5) is 13.2 Å². The Hall–Kier alpha value is -1.08. The van der Waals surface area contributed by atoms with E-state index in [0.717, 1.165) is 5.69 Å². The number of hydrogen-bond acceptors (Lipinski definition) is 4. The minimum atomic E-state index is -4.10. The van der Waals surface area contributed by atoms with E-state index in [1.54, 1.807) is 4.90 Å². The second kappa shape index (κ2) is 6.79. The zero-order valence-corrected chi connectivity index (χ0v) is 12.4. The number of hydrogen-bond donors (Lipinski definition) is 1. The molecule has 0 radical (unpaired) electrons. The summed E-state index contributed by atoms with van der Waals surface area (Å²) < 4.78 is 43.5. The van der Waals surface area contributed by atoms with Crippen molar-refractivity contribution in [1.82, 2.24) is 15.4 Å². The zero-order valence-electron chi connectivity index (χ0n) is 12.4. The maximum Gasteiger partial charge on any atom is 0.393 e. The lowest BCUT2D eigenvalue weighted by atomic mass is 9.97. The number of piperidine rings is 1. The van der Waals surface area contributed by atoms with Gasteiger partial charge in [-0.05, 0) is 19.4 Å². The molecule has 1 aliphatic rings. The Morgan fingerprint density at radius 2 is 2.24 bits per heavy atom. The Kier molecular flexibility index (Phi) is 5.27. The third-order valence-corrected chi connectivity index (χ3v) is 3.65. The van der Waals surface area contributed by atoms with Gasteiger partial charge in [-0.1, -0.05) is 19.0 Å². The van der Waals surface area contributed by atoms with E-state index in [-0.39, 0.29) is 13.0 Å². The molecule has 120 valence electrons. The van der Waals surface area contributed by atoms with Crippen LogP contribution in [-0.4, -0.2) is 35.4 Å². The number of halogens is 3. The van der Waals surface area contributed by atoms with Gasteiger partial charge in [0.2, 0.25) is 0 Å². The zero-order chi connectivity index (χ0) is 15.5. The summed E-state index contributed by atoms with van der Waals surface area (Å²) in [6.45, 7) is 5.78. The smallest absolute Gasteiger partial charge is 0.360 e. The Bertz CT molecular complexity index is 445. The predicted molar refractivity (Wildman–Crippen MR) is 72.5 cm³/mol. The van der Waals surface area contributed by atoms with Crippen molar-refractivity contribution in [3.8, 4) is 0 Å². The van der Waals surface area contributed by atoms with Gasteiger partial charge in [0, 0.05) is 25.2 Å². The third-order valence-electron chi connectivity index (χ3n) is 3.65. The average Bonchev–Trinajstić information content (AvgIpc) is 2.83. The first kappa shape index (κ1) is 16.3. The number of rotatable bonds is 5. The summed E-state index contributed by atoms with van der Waals surface area (Å²) in [6.07, 6.45) is -3.31. The number of nitrogens with zero attached hydrogens (tertiary/aromatic N) is 2. The van der Waals surface area contributed by atoms with Crippen molar-refractivity contribution >= 4 is 0 Å². The fourth-order valence-electron chi connectivity index (χ4n) is 2.51. The molecule has 21 heavy (non-hydrogen) atoms. The lowest BCUT2D eigenvalue weighted by molar-refractivity contribution is -0.187. The van der Waals surface area contributed by atoms with Crippen LogP contribution in [0.15, 0.2) is 10.6 Å². The Labute approximate surface area is 122 Å². The van der Waals surface area contributed by atoms with Crippen molar-refractivity contribution in [2.75, 3.05) is 13.1 Å². The third kappa shape index (κ3) is 5.00. The van der Waals surface area contributed by atoms with Crippen molar-refractivity contribution in [2.45, 2.75) is 52.0 Å². The van der Waals surface area contributed by atoms with Crippen LogP contribution < -0.4 is 5.32 Å². The predicted octanol–water partition coefficient (Wildman–Crippen LogP) is 2.95. The van der Waals surface area contributed by atoms with Crippen LogP contribution in [-0.2, 0) is 13.1 Å². The second-order valence-corrected chi connectivity index (χ2v) is 5.94. The van der Waals surface area contributed by atoms with Crippen molar-refractivity contribution in [1.29, 1.82) is 0 Å². The van der Waals surface area contributed by atoms with Gasteiger partial charge in [0.15, 0.2) is 5.76 Å². The van der Waals surface area contributed by atoms with Crippen LogP contribution >= 0.6 is 0 Å². The molecular weight excluding hydrogens is 283 g/mol. The van der Waals surface area contributed by atoms with Crippen molar-refractivity contribution in [3.05, 3.63) is 17.5 Å². The van der Waals surface area contributed by atoms with E-state index in [2.05, 4.69) is 10.5 Å². The van der Waals surface area contributed by atoms with Gasteiger partial charge in [-0.3, -0.25) is 4.90 Å². The average molecular weight is 305 g/mol. The molecule has 7 heteroatoms. The summed E-state index contributed by atoms with van der Waals surface area (Å²) >= 11 is 0. The van der Waals surface area contributed by atoms with Crippen LogP contribution in [0.2, 0.25) is 0 Å². The van der Waals surface area contributed by atoms with E-state index in [9.17, 15) is 13.2 Å². The molecule has 1 saturated heterocycles. The molecule has 1 unspecified atom stereocenters. The Morgan fingerprint density at radius 3 is 2.90 bits per heavy atom. The van der Waals surface area contributed by atoms with Gasteiger partial charge in [0.25, 0.3) is 0 Å². The van der Waals surface area contributed by atoms with Crippen molar-refractivity contribution < 1.29 is 17.7 Å². The molecule has 1 N–H and O–H groups in total. The van der Waals surface area contributed by atoms with Gasteiger partial charge < -0.3 is 9.84 Å². The largest absolute Gasteiger partial charge is 0.393 e. The van der Waals surface area contributed by atoms with Gasteiger partial charge in [0.1, 0.15) is 0 Å². The highest BCUT2D eigenvalue weighted by Crippen LogP contribution is 2.33. The highest BCUT2D eigenvalue weighted by Gasteiger charge is 2.41. The van der Waals surface area contributed by atoms with Gasteiger partial charge in [-0.25, -0.2) is 0 Å². The molecule has 2 rings (SSSR count). The lowest BCUT2D eigenvalue weighted by Crippen LogP contribution is -2.41. The van der Waals surface area contributed by atoms with E-state index in [1.165, 1.54) is 0 Å². The first-order valence-electron chi connectivity index (χ1n) is 7.31. The maximum absolute atomic E-state index is 12.8. The standard InChI is InChI=1S/C14H22F3N3O/c1-10(2)18-7-12-6-13(21-19-12)9-20-5-3-4-11(8-20)14(15,16)17/h6,10-11,18H,3-5,7-9H2,1-2H3. The van der Waals surface area contributed by atoms with Crippen LogP contribution in [0.25, 0.3) is 0 Å². The van der Waals surface area contributed by atoms with E-state index in [0.29, 0.717) is 37.9 Å². The summed E-state index contributed by atoms with van der Waals surface area (Å²) in [5.41, 5.74) is 0.781. The van der Waals surface area contributed by atoms with Gasteiger partial charge in [-0.2, -0.15) is 13.2 Å². The van der Waals surface area contributed by atoms with Gasteiger partial charge in [0.05, 0.1) is 18.2 Å². The molecule has 0 saturated carbocycles. The van der Waals surface area contributed by atoms with Crippen LogP contribution in [0.5, 0.6) is 0 Å². The summed E-state index contributed by atoms with van der Waals surface area (Å²) in [4.78, 5) is 1.79. The summed E-state index contributed by atoms with van der Waals surface area (Å²) in [5.74, 6) is -0.602. The molecule has 0 spiro atoms. The molecule has 1 atom stereocenters.